The number of aryl methyl sites for hydroxylation is 1. The number of nitrogens with zero attached hydrogens (tertiary/aromatic N) is 2. The molecule has 0 aliphatic carbocycles. The van der Waals surface area contributed by atoms with Gasteiger partial charge in [0.1, 0.15) is 18.6 Å². The minimum atomic E-state index is -1.45. The Kier molecular flexibility index (Phi) is 14.6. The van der Waals surface area contributed by atoms with Crippen LogP contribution in [0.2, 0.25) is 0 Å². The molecule has 0 aromatic heterocycles. The second-order valence-corrected chi connectivity index (χ2v) is 26.7. The Morgan fingerprint density at radius 2 is 1.44 bits per heavy atom. The van der Waals surface area contributed by atoms with Crippen LogP contribution in [-0.2, 0) is 37.5 Å². The molecule has 14 rings (SSSR count). The summed E-state index contributed by atoms with van der Waals surface area (Å²) in [6.07, 6.45) is 4.33. The second kappa shape index (κ2) is 21.6. The van der Waals surface area contributed by atoms with Crippen LogP contribution in [0.4, 0.5) is 9.59 Å². The Morgan fingerprint density at radius 1 is 0.778 bits per heavy atom. The molecule has 11 heterocycles. The van der Waals surface area contributed by atoms with E-state index in [1.807, 2.05) is 49.3 Å². The number of fused-ring (bicyclic) bond motifs is 11. The van der Waals surface area contributed by atoms with E-state index in [0.717, 1.165) is 59.4 Å². The molecule has 6 fully saturated rings. The summed E-state index contributed by atoms with van der Waals surface area (Å²) < 4.78 is 44.4. The third kappa shape index (κ3) is 9.18. The molecule has 0 radical (unpaired) electrons. The molecule has 1 spiro atoms. The maximum Gasteiger partial charge on any atom is 0.331 e. The number of aliphatic hydroxyl groups is 1. The summed E-state index contributed by atoms with van der Waals surface area (Å²) >= 11 is 5.13. The van der Waals surface area contributed by atoms with E-state index in [2.05, 4.69) is 37.6 Å². The molecule has 11 aliphatic rings. The highest BCUT2D eigenvalue weighted by Crippen LogP contribution is 2.65. The summed E-state index contributed by atoms with van der Waals surface area (Å²) in [5, 5.41) is 39.6. The number of benzene rings is 3. The number of hydrogen-bond acceptors (Lipinski definition) is 20. The van der Waals surface area contributed by atoms with Gasteiger partial charge in [-0.1, -0.05) is 18.9 Å². The van der Waals surface area contributed by atoms with E-state index in [9.17, 15) is 29.4 Å². The lowest BCUT2D eigenvalue weighted by molar-refractivity contribution is -0.186. The Morgan fingerprint density at radius 3 is 2.11 bits per heavy atom. The van der Waals surface area contributed by atoms with E-state index in [-0.39, 0.29) is 90.2 Å². The van der Waals surface area contributed by atoms with Crippen LogP contribution in [0.5, 0.6) is 40.2 Å². The third-order valence-electron chi connectivity index (χ3n) is 18.5. The van der Waals surface area contributed by atoms with Gasteiger partial charge in [-0.2, -0.15) is 23.5 Å². The number of phenolic OH excluding ortho intramolecular Hbond substituents is 1. The van der Waals surface area contributed by atoms with Gasteiger partial charge in [-0.3, -0.25) is 24.7 Å². The number of nitrogens with one attached hydrogen (secondary N) is 5. The fraction of sp³-hybridized carbons (Fsp3) is 0.596. The molecule has 24 heteroatoms. The number of amides is 4. The quantitative estimate of drug-likeness (QED) is 0.0483. The Hall–Kier alpha value is -5.50. The SMILES string of the molecule is COc1cc2c(cc1O)CCN[C@]21CS[C@@H]2c3c(OC(=O)CCCCC4SCC5NC(=O)NC54)c(C)c4c(c3[C@@H](COC1=O)N1C2[C@H]2c3c(cc(C)c(OC)c3OC(=O)CCCCC3SCC5NC(=O)NC53)C[C@H]([C@@H]1O)N2C)OCO4. The van der Waals surface area contributed by atoms with Crippen LogP contribution in [0.15, 0.2) is 18.2 Å². The van der Waals surface area contributed by atoms with Crippen molar-refractivity contribution in [1.29, 1.82) is 0 Å². The number of carbonyl (C=O) groups is 5. The van der Waals surface area contributed by atoms with Gasteiger partial charge in [-0.15, -0.1) is 11.8 Å². The van der Waals surface area contributed by atoms with Crippen molar-refractivity contribution in [1.82, 2.24) is 36.4 Å². The fourth-order valence-corrected chi connectivity index (χ4v) is 19.6. The Balaban J connectivity index is 0.890. The van der Waals surface area contributed by atoms with Crippen LogP contribution in [0, 0.1) is 13.8 Å². The van der Waals surface area contributed by atoms with Gasteiger partial charge in [0.15, 0.2) is 40.0 Å². The monoisotopic (exact) mass is 1170 g/mol. The van der Waals surface area contributed by atoms with Gasteiger partial charge >= 0.3 is 30.0 Å². The van der Waals surface area contributed by atoms with E-state index >= 15 is 4.79 Å². The number of ether oxygens (including phenoxy) is 7. The lowest BCUT2D eigenvalue weighted by Gasteiger charge is -2.62. The predicted molar refractivity (Wildman–Crippen MR) is 301 cm³/mol. The fourth-order valence-electron chi connectivity index (χ4n) is 14.8. The zero-order valence-electron chi connectivity index (χ0n) is 45.9. The Bertz CT molecular complexity index is 3100. The number of urea groups is 2. The molecule has 3 aromatic carbocycles. The number of thioether (sulfide) groups is 3. The van der Waals surface area contributed by atoms with Crippen LogP contribution in [0.3, 0.4) is 0 Å². The minimum absolute atomic E-state index is 0.0485. The van der Waals surface area contributed by atoms with Gasteiger partial charge in [0.25, 0.3) is 0 Å². The number of aromatic hydroxyl groups is 1. The summed E-state index contributed by atoms with van der Waals surface area (Å²) in [7, 11) is 5.01. The van der Waals surface area contributed by atoms with Gasteiger partial charge in [0.2, 0.25) is 6.79 Å². The van der Waals surface area contributed by atoms with Gasteiger partial charge < -0.3 is 64.6 Å². The van der Waals surface area contributed by atoms with E-state index in [1.165, 1.54) is 18.9 Å². The number of methoxy groups -OCH3 is 2. The van der Waals surface area contributed by atoms with Gasteiger partial charge in [0.05, 0.1) is 61.8 Å². The molecule has 11 aliphatic heterocycles. The molecule has 13 atom stereocenters. The van der Waals surface area contributed by atoms with Crippen molar-refractivity contribution in [3.8, 4) is 40.2 Å². The van der Waals surface area contributed by atoms with E-state index in [1.54, 1.807) is 19.2 Å². The summed E-state index contributed by atoms with van der Waals surface area (Å²) in [5.41, 5.74) is 4.10. The van der Waals surface area contributed by atoms with Crippen LogP contribution < -0.4 is 55.0 Å². The first-order valence-electron chi connectivity index (χ1n) is 28.2. The highest BCUT2D eigenvalue weighted by molar-refractivity contribution is 8.00. The maximum absolute atomic E-state index is 15.2. The van der Waals surface area contributed by atoms with Crippen molar-refractivity contribution in [2.75, 3.05) is 58.5 Å². The van der Waals surface area contributed by atoms with Crippen molar-refractivity contribution in [3.05, 3.63) is 62.7 Å². The molecule has 81 heavy (non-hydrogen) atoms. The van der Waals surface area contributed by atoms with Crippen molar-refractivity contribution >= 4 is 65.3 Å². The minimum Gasteiger partial charge on any atom is -0.504 e. The number of piperazine rings is 1. The lowest BCUT2D eigenvalue weighted by Crippen LogP contribution is -2.70. The third-order valence-corrected chi connectivity index (χ3v) is 23.0. The largest absolute Gasteiger partial charge is 0.504 e. The first kappa shape index (κ1) is 54.7. The number of rotatable bonds is 14. The highest BCUT2D eigenvalue weighted by Gasteiger charge is 2.62. The molecule has 4 amide bonds. The number of unbranched alkanes of at least 4 members (excludes halogenated alkanes) is 2. The van der Waals surface area contributed by atoms with Crippen LogP contribution >= 0.6 is 35.3 Å². The van der Waals surface area contributed by atoms with Crippen molar-refractivity contribution in [2.24, 2.45) is 0 Å². The Labute approximate surface area is 482 Å². The first-order valence-corrected chi connectivity index (χ1v) is 31.4. The molecular formula is C57H69N7O14S3. The number of phenols is 1. The normalized spacial score (nSPS) is 32.0. The molecule has 7 N–H and O–H groups in total. The van der Waals surface area contributed by atoms with Crippen molar-refractivity contribution in [3.63, 3.8) is 0 Å². The van der Waals surface area contributed by atoms with Crippen molar-refractivity contribution < 1.29 is 67.3 Å². The van der Waals surface area contributed by atoms with Crippen LogP contribution in [-0.4, -0.2) is 161 Å². The number of likely N-dealkylation sites (N-methyl/N-ethyl adjacent to an activating group) is 1. The van der Waals surface area contributed by atoms with Gasteiger partial charge in [-0.05, 0) is 93.8 Å². The summed E-state index contributed by atoms with van der Waals surface area (Å²) in [5.74, 6) is 2.37. The predicted octanol–water partition coefficient (Wildman–Crippen LogP) is 5.04. The zero-order chi connectivity index (χ0) is 56.2. The van der Waals surface area contributed by atoms with Crippen LogP contribution in [0.25, 0.3) is 0 Å². The molecule has 0 saturated carbocycles. The zero-order valence-corrected chi connectivity index (χ0v) is 48.3. The molecule has 4 bridgehead atoms. The van der Waals surface area contributed by atoms with Gasteiger partial charge in [0, 0.05) is 75.4 Å². The topological polar surface area (TPSA) is 257 Å². The number of esters is 3. The first-order chi connectivity index (χ1) is 39.2. The average molecular weight is 1170 g/mol. The van der Waals surface area contributed by atoms with E-state index in [4.69, 9.17) is 33.2 Å². The van der Waals surface area contributed by atoms with Gasteiger partial charge in [-0.25, -0.2) is 14.4 Å². The maximum atomic E-state index is 15.2. The lowest BCUT2D eigenvalue weighted by atomic mass is 9.73. The average Bonchev–Trinajstić information content (AvgIpc) is 2.25. The molecular weight excluding hydrogens is 1100 g/mol. The molecule has 21 nitrogen and oxygen atoms in total. The van der Waals surface area contributed by atoms with Crippen molar-refractivity contribution in [2.45, 2.75) is 154 Å². The molecule has 6 saturated heterocycles. The second-order valence-electron chi connectivity index (χ2n) is 23.0. The summed E-state index contributed by atoms with van der Waals surface area (Å²) in [6, 6.07) is 2.79. The number of hydrogen-bond donors (Lipinski definition) is 7. The van der Waals surface area contributed by atoms with E-state index in [0.29, 0.717) is 83.2 Å². The summed E-state index contributed by atoms with van der Waals surface area (Å²) in [6.45, 7) is 3.80. The smallest absolute Gasteiger partial charge is 0.331 e. The molecule has 434 valence electrons. The number of aliphatic hydroxyl groups excluding tert-OH is 1. The summed E-state index contributed by atoms with van der Waals surface area (Å²) in [4.78, 5) is 72.5. The van der Waals surface area contributed by atoms with Crippen LogP contribution in [0.1, 0.15) is 113 Å². The highest BCUT2D eigenvalue weighted by atomic mass is 32.2. The standard InChI is InChI=1S/C57H69N7O14S3/c1-25-16-28-17-32-53(68)64-33-20-74-54(69)57(29-19-35(72-4)34(65)18-27(29)14-15-58-57)23-81-52(42-41(33)50-49(75-24-76-50)26(2)48(42)77-38(66)12-8-6-10-36-43-30(21-79-36)59-55(70)61-43)46(64)45(63(32)3)40(28)51(47(25)73-5)78-39(67)13-9-7-11-37-44-31(22-80-37)60-56(71)62-44/h16,18-19,30-33,36-37,43-46,52-53,58,65,68H,6-15,17,20-24H2,1-5H3,(H2,59,61,70)(H2,60,62,71)/t30?,31?,32-,33-,36?,37?,43?,44?,45-,46?,52-,53+,57-/m1/s1. The van der Waals surface area contributed by atoms with E-state index < -0.39 is 59.1 Å². The number of carbonyl (C=O) groups excluding carboxylic acids is 5. The molecule has 3 aromatic rings. The molecule has 7 unspecified atom stereocenters.